The Labute approximate surface area is 202 Å². The number of carbonyl (C=O) groups excluding carboxylic acids is 2. The van der Waals surface area contributed by atoms with Gasteiger partial charge in [0.2, 0.25) is 0 Å². The van der Waals surface area contributed by atoms with Crippen molar-refractivity contribution >= 4 is 17.6 Å². The molecule has 0 aliphatic carbocycles. The summed E-state index contributed by atoms with van der Waals surface area (Å²) in [5.41, 5.74) is -0.175. The van der Waals surface area contributed by atoms with Crippen LogP contribution in [0, 0.1) is 23.0 Å². The van der Waals surface area contributed by atoms with Crippen molar-refractivity contribution < 1.29 is 27.8 Å². The van der Waals surface area contributed by atoms with E-state index in [9.17, 15) is 18.4 Å². The zero-order valence-corrected chi connectivity index (χ0v) is 19.5. The molecule has 8 heteroatoms. The summed E-state index contributed by atoms with van der Waals surface area (Å²) in [6, 6.07) is 18.3. The first-order valence-electron chi connectivity index (χ1n) is 10.8. The van der Waals surface area contributed by atoms with Crippen molar-refractivity contribution in [2.45, 2.75) is 33.0 Å². The van der Waals surface area contributed by atoms with E-state index in [1.807, 2.05) is 0 Å². The standard InChI is InChI=1S/C27H24F2N2O4/c1-27(2,3)35-24(32)16-31(26(33)25-22(28)11-6-12-23(25)29)20-9-5-10-21(14-20)34-17-19-8-4-7-18(13-19)15-30/h4-14H,16-17H2,1-3H3. The van der Waals surface area contributed by atoms with Gasteiger partial charge >= 0.3 is 5.97 Å². The van der Waals surface area contributed by atoms with Crippen LogP contribution in [-0.4, -0.2) is 24.0 Å². The van der Waals surface area contributed by atoms with Gasteiger partial charge in [0.1, 0.15) is 41.7 Å². The van der Waals surface area contributed by atoms with E-state index in [4.69, 9.17) is 14.7 Å². The maximum Gasteiger partial charge on any atom is 0.326 e. The minimum absolute atomic E-state index is 0.140. The maximum atomic E-state index is 14.4. The number of nitrogens with zero attached hydrogens (tertiary/aromatic N) is 2. The van der Waals surface area contributed by atoms with Crippen molar-refractivity contribution in [2.75, 3.05) is 11.4 Å². The van der Waals surface area contributed by atoms with Crippen LogP contribution in [0.5, 0.6) is 5.75 Å². The van der Waals surface area contributed by atoms with E-state index in [0.29, 0.717) is 11.3 Å². The third kappa shape index (κ3) is 6.87. The van der Waals surface area contributed by atoms with Gasteiger partial charge < -0.3 is 9.47 Å². The molecule has 0 N–H and O–H groups in total. The van der Waals surface area contributed by atoms with E-state index in [1.165, 1.54) is 12.1 Å². The summed E-state index contributed by atoms with van der Waals surface area (Å²) < 4.78 is 39.9. The molecule has 0 aliphatic rings. The average molecular weight is 478 g/mol. The van der Waals surface area contributed by atoms with Crippen LogP contribution in [0.15, 0.2) is 66.7 Å². The van der Waals surface area contributed by atoms with Crippen LogP contribution in [0.4, 0.5) is 14.5 Å². The van der Waals surface area contributed by atoms with Gasteiger partial charge in [0, 0.05) is 11.8 Å². The fourth-order valence-electron chi connectivity index (χ4n) is 3.26. The molecule has 0 atom stereocenters. The highest BCUT2D eigenvalue weighted by Gasteiger charge is 2.28. The van der Waals surface area contributed by atoms with Crippen LogP contribution in [0.1, 0.15) is 42.3 Å². The lowest BCUT2D eigenvalue weighted by atomic mass is 10.1. The van der Waals surface area contributed by atoms with E-state index >= 15 is 0 Å². The SMILES string of the molecule is CC(C)(C)OC(=O)CN(C(=O)c1c(F)cccc1F)c1cccc(OCc2cccc(C#N)c2)c1. The quantitative estimate of drug-likeness (QED) is 0.425. The Bertz CT molecular complexity index is 1260. The zero-order chi connectivity index (χ0) is 25.6. The fraction of sp³-hybridized carbons (Fsp3) is 0.222. The highest BCUT2D eigenvalue weighted by molar-refractivity contribution is 6.08. The molecule has 0 bridgehead atoms. The van der Waals surface area contributed by atoms with Crippen molar-refractivity contribution in [3.05, 3.63) is 95.1 Å². The highest BCUT2D eigenvalue weighted by Crippen LogP contribution is 2.26. The molecular formula is C27H24F2N2O4. The molecule has 3 rings (SSSR count). The molecule has 3 aromatic carbocycles. The normalized spacial score (nSPS) is 10.9. The number of nitriles is 1. The number of hydrogen-bond acceptors (Lipinski definition) is 5. The number of benzene rings is 3. The summed E-state index contributed by atoms with van der Waals surface area (Å²) in [6.45, 7) is 4.58. The number of halogens is 2. The van der Waals surface area contributed by atoms with Crippen LogP contribution < -0.4 is 9.64 Å². The number of rotatable bonds is 7. The van der Waals surface area contributed by atoms with Crippen LogP contribution in [-0.2, 0) is 16.1 Å². The van der Waals surface area contributed by atoms with Gasteiger partial charge in [0.05, 0.1) is 11.6 Å². The van der Waals surface area contributed by atoms with E-state index in [1.54, 1.807) is 57.2 Å². The molecule has 0 saturated carbocycles. The maximum absolute atomic E-state index is 14.4. The van der Waals surface area contributed by atoms with E-state index in [-0.39, 0.29) is 12.3 Å². The molecule has 0 fully saturated rings. The molecule has 0 unspecified atom stereocenters. The molecule has 0 saturated heterocycles. The second kappa shape index (κ2) is 10.8. The molecule has 0 aromatic heterocycles. The Morgan fingerprint density at radius 3 is 2.29 bits per heavy atom. The van der Waals surface area contributed by atoms with Gasteiger partial charge in [-0.05, 0) is 62.7 Å². The number of ether oxygens (including phenoxy) is 2. The summed E-state index contributed by atoms with van der Waals surface area (Å²) in [5.74, 6) is -3.53. The van der Waals surface area contributed by atoms with E-state index in [2.05, 4.69) is 6.07 Å². The van der Waals surface area contributed by atoms with Gasteiger partial charge in [0.15, 0.2) is 0 Å². The Morgan fingerprint density at radius 2 is 1.63 bits per heavy atom. The number of hydrogen-bond donors (Lipinski definition) is 0. The van der Waals surface area contributed by atoms with Crippen molar-refractivity contribution in [1.29, 1.82) is 5.26 Å². The predicted octanol–water partition coefficient (Wildman–Crippen LogP) is 5.40. The van der Waals surface area contributed by atoms with Crippen molar-refractivity contribution in [2.24, 2.45) is 0 Å². The Kier molecular flexibility index (Phi) is 7.82. The smallest absolute Gasteiger partial charge is 0.326 e. The molecular weight excluding hydrogens is 454 g/mol. The summed E-state index contributed by atoms with van der Waals surface area (Å²) in [4.78, 5) is 26.7. The first kappa shape index (κ1) is 25.4. The third-order valence-corrected chi connectivity index (χ3v) is 4.72. The lowest BCUT2D eigenvalue weighted by Crippen LogP contribution is -2.39. The molecule has 0 spiro atoms. The Balaban J connectivity index is 1.91. The first-order valence-corrected chi connectivity index (χ1v) is 10.8. The first-order chi connectivity index (χ1) is 16.6. The van der Waals surface area contributed by atoms with E-state index in [0.717, 1.165) is 28.7 Å². The highest BCUT2D eigenvalue weighted by atomic mass is 19.1. The zero-order valence-electron chi connectivity index (χ0n) is 19.5. The van der Waals surface area contributed by atoms with Gasteiger partial charge in [-0.1, -0.05) is 24.3 Å². The molecule has 3 aromatic rings. The third-order valence-electron chi connectivity index (χ3n) is 4.72. The van der Waals surface area contributed by atoms with Crippen LogP contribution in [0.2, 0.25) is 0 Å². The van der Waals surface area contributed by atoms with Crippen LogP contribution in [0.3, 0.4) is 0 Å². The minimum Gasteiger partial charge on any atom is -0.489 e. The number of anilines is 1. The molecule has 6 nitrogen and oxygen atoms in total. The number of esters is 1. The molecule has 0 heterocycles. The molecule has 180 valence electrons. The van der Waals surface area contributed by atoms with Crippen molar-refractivity contribution in [3.63, 3.8) is 0 Å². The van der Waals surface area contributed by atoms with Gasteiger partial charge in [0.25, 0.3) is 5.91 Å². The lowest BCUT2D eigenvalue weighted by Gasteiger charge is -2.26. The van der Waals surface area contributed by atoms with Gasteiger partial charge in [-0.3, -0.25) is 14.5 Å². The molecule has 35 heavy (non-hydrogen) atoms. The number of carbonyl (C=O) groups is 2. The molecule has 0 aliphatic heterocycles. The predicted molar refractivity (Wildman–Crippen MR) is 126 cm³/mol. The van der Waals surface area contributed by atoms with Crippen molar-refractivity contribution in [3.8, 4) is 11.8 Å². The fourth-order valence-corrected chi connectivity index (χ4v) is 3.26. The Hall–Kier alpha value is -4.25. The number of amides is 1. The molecule has 0 radical (unpaired) electrons. The van der Waals surface area contributed by atoms with Gasteiger partial charge in [-0.25, -0.2) is 8.78 Å². The van der Waals surface area contributed by atoms with E-state index < -0.39 is 41.2 Å². The Morgan fingerprint density at radius 1 is 0.971 bits per heavy atom. The second-order valence-electron chi connectivity index (χ2n) is 8.67. The minimum atomic E-state index is -1.05. The summed E-state index contributed by atoms with van der Waals surface area (Å²) in [5, 5.41) is 9.05. The summed E-state index contributed by atoms with van der Waals surface area (Å²) in [7, 11) is 0. The van der Waals surface area contributed by atoms with Crippen LogP contribution >= 0.6 is 0 Å². The largest absolute Gasteiger partial charge is 0.489 e. The second-order valence-corrected chi connectivity index (χ2v) is 8.67. The van der Waals surface area contributed by atoms with Gasteiger partial charge in [-0.2, -0.15) is 5.26 Å². The monoisotopic (exact) mass is 478 g/mol. The molecule has 1 amide bonds. The van der Waals surface area contributed by atoms with Crippen molar-refractivity contribution in [1.82, 2.24) is 0 Å². The summed E-state index contributed by atoms with van der Waals surface area (Å²) in [6.07, 6.45) is 0. The summed E-state index contributed by atoms with van der Waals surface area (Å²) >= 11 is 0. The van der Waals surface area contributed by atoms with Gasteiger partial charge in [-0.15, -0.1) is 0 Å². The van der Waals surface area contributed by atoms with Crippen LogP contribution in [0.25, 0.3) is 0 Å². The lowest BCUT2D eigenvalue weighted by molar-refractivity contribution is -0.152. The average Bonchev–Trinajstić information content (AvgIpc) is 2.80. The topological polar surface area (TPSA) is 79.6 Å².